The molecule has 1 fully saturated rings. The molecule has 0 aliphatic carbocycles. The van der Waals surface area contributed by atoms with Crippen LogP contribution in [0.1, 0.15) is 5.56 Å². The fourth-order valence-electron chi connectivity index (χ4n) is 3.54. The van der Waals surface area contributed by atoms with Crippen LogP contribution < -0.4 is 4.74 Å². The smallest absolute Gasteiger partial charge is 0.269 e. The molecule has 9 nitrogen and oxygen atoms in total. The maximum absolute atomic E-state index is 10.9. The van der Waals surface area contributed by atoms with Crippen molar-refractivity contribution in [2.24, 2.45) is 0 Å². The summed E-state index contributed by atoms with van der Waals surface area (Å²) in [4.78, 5) is 10.4. The highest BCUT2D eigenvalue weighted by atomic mass is 16.7. The van der Waals surface area contributed by atoms with Crippen molar-refractivity contribution in [2.45, 2.75) is 37.3 Å². The molecule has 168 valence electrons. The van der Waals surface area contributed by atoms with E-state index in [0.717, 1.165) is 5.56 Å². The van der Waals surface area contributed by atoms with Crippen molar-refractivity contribution in [3.05, 3.63) is 70.3 Å². The predicted molar refractivity (Wildman–Crippen MR) is 111 cm³/mol. The van der Waals surface area contributed by atoms with Crippen molar-refractivity contribution in [3.8, 4) is 5.75 Å². The zero-order valence-corrected chi connectivity index (χ0v) is 17.7. The molecule has 0 N–H and O–H groups in total. The summed E-state index contributed by atoms with van der Waals surface area (Å²) in [5, 5.41) is 10.9. The second-order valence-electron chi connectivity index (χ2n) is 7.03. The number of rotatable bonds is 10. The third-order valence-corrected chi connectivity index (χ3v) is 5.05. The van der Waals surface area contributed by atoms with Crippen LogP contribution >= 0.6 is 0 Å². The van der Waals surface area contributed by atoms with Gasteiger partial charge in [0, 0.05) is 33.5 Å². The molecule has 1 aliphatic heterocycles. The van der Waals surface area contributed by atoms with Crippen molar-refractivity contribution < 1.29 is 33.3 Å². The Morgan fingerprint density at radius 2 is 1.61 bits per heavy atom. The highest BCUT2D eigenvalue weighted by Crippen LogP contribution is 2.30. The van der Waals surface area contributed by atoms with E-state index in [1.165, 1.54) is 24.3 Å². The number of methoxy groups -OCH3 is 3. The number of ether oxygens (including phenoxy) is 6. The van der Waals surface area contributed by atoms with E-state index in [-0.39, 0.29) is 12.3 Å². The molecule has 5 atom stereocenters. The van der Waals surface area contributed by atoms with Gasteiger partial charge in [0.05, 0.1) is 18.1 Å². The monoisotopic (exact) mass is 433 g/mol. The Morgan fingerprint density at radius 3 is 2.19 bits per heavy atom. The largest absolute Gasteiger partial charge is 0.462 e. The number of non-ortho nitro benzene ring substituents is 1. The van der Waals surface area contributed by atoms with Crippen molar-refractivity contribution in [1.82, 2.24) is 0 Å². The average molecular weight is 433 g/mol. The molecule has 1 aliphatic rings. The first-order chi connectivity index (χ1) is 15.1. The first-order valence-corrected chi connectivity index (χ1v) is 9.84. The topological polar surface area (TPSA) is 98.5 Å². The number of nitro benzene ring substituents is 1. The van der Waals surface area contributed by atoms with E-state index in [2.05, 4.69) is 0 Å². The quantitative estimate of drug-likeness (QED) is 0.417. The highest BCUT2D eigenvalue weighted by Gasteiger charge is 2.48. The molecule has 0 amide bonds. The van der Waals surface area contributed by atoms with E-state index in [1.807, 2.05) is 30.3 Å². The molecule has 9 heteroatoms. The van der Waals surface area contributed by atoms with Crippen LogP contribution in [0.3, 0.4) is 0 Å². The molecule has 0 spiro atoms. The van der Waals surface area contributed by atoms with Gasteiger partial charge in [-0.1, -0.05) is 30.3 Å². The standard InChI is InChI=1S/C22H27NO8/c1-26-14-18-19(27-2)20(29-13-15-7-5-4-6-8-15)21(28-3)22(31-18)30-17-11-9-16(10-12-17)23(24)25/h4-12,18-22H,13-14H2,1-3H3/t18-,19+,20+,21-,22-/m1/s1. The lowest BCUT2D eigenvalue weighted by atomic mass is 9.98. The molecule has 1 saturated heterocycles. The van der Waals surface area contributed by atoms with Crippen LogP contribution in [0, 0.1) is 10.1 Å². The summed E-state index contributed by atoms with van der Waals surface area (Å²) in [6.45, 7) is 0.620. The molecule has 2 aromatic rings. The van der Waals surface area contributed by atoms with Gasteiger partial charge in [-0.3, -0.25) is 10.1 Å². The van der Waals surface area contributed by atoms with Gasteiger partial charge < -0.3 is 28.4 Å². The van der Waals surface area contributed by atoms with Crippen LogP contribution in [0.2, 0.25) is 0 Å². The van der Waals surface area contributed by atoms with Gasteiger partial charge in [0.25, 0.3) is 5.69 Å². The second-order valence-corrected chi connectivity index (χ2v) is 7.03. The number of hydrogen-bond acceptors (Lipinski definition) is 8. The minimum atomic E-state index is -0.834. The summed E-state index contributed by atoms with van der Waals surface area (Å²) in [5.41, 5.74) is 0.982. The van der Waals surface area contributed by atoms with Gasteiger partial charge in [0.15, 0.2) is 0 Å². The van der Waals surface area contributed by atoms with Gasteiger partial charge in [-0.25, -0.2) is 0 Å². The number of benzene rings is 2. The fourth-order valence-corrected chi connectivity index (χ4v) is 3.54. The van der Waals surface area contributed by atoms with Crippen LogP contribution in [0.5, 0.6) is 5.75 Å². The Hall–Kier alpha value is -2.56. The van der Waals surface area contributed by atoms with Gasteiger partial charge in [0.1, 0.15) is 30.2 Å². The summed E-state index contributed by atoms with van der Waals surface area (Å²) in [6.07, 6.45) is -2.88. The lowest BCUT2D eigenvalue weighted by Crippen LogP contribution is -2.62. The molecular weight excluding hydrogens is 406 g/mol. The molecule has 3 rings (SSSR count). The molecule has 1 heterocycles. The van der Waals surface area contributed by atoms with Crippen LogP contribution in [-0.2, 0) is 30.3 Å². The maximum atomic E-state index is 10.9. The first-order valence-electron chi connectivity index (χ1n) is 9.84. The zero-order chi connectivity index (χ0) is 22.2. The Balaban J connectivity index is 1.80. The predicted octanol–water partition coefficient (Wildman–Crippen LogP) is 2.96. The third kappa shape index (κ3) is 5.78. The maximum Gasteiger partial charge on any atom is 0.269 e. The van der Waals surface area contributed by atoms with E-state index in [4.69, 9.17) is 28.4 Å². The third-order valence-electron chi connectivity index (χ3n) is 5.05. The van der Waals surface area contributed by atoms with Crippen molar-refractivity contribution in [2.75, 3.05) is 27.9 Å². The molecular formula is C22H27NO8. The van der Waals surface area contributed by atoms with Crippen molar-refractivity contribution >= 4 is 5.69 Å². The van der Waals surface area contributed by atoms with E-state index >= 15 is 0 Å². The summed E-state index contributed by atoms with van der Waals surface area (Å²) in [7, 11) is 4.70. The zero-order valence-electron chi connectivity index (χ0n) is 17.7. The molecule has 0 radical (unpaired) electrons. The molecule has 2 aromatic carbocycles. The van der Waals surface area contributed by atoms with E-state index in [9.17, 15) is 10.1 Å². The molecule has 0 saturated carbocycles. The summed E-state index contributed by atoms with van der Waals surface area (Å²) < 4.78 is 35.0. The van der Waals surface area contributed by atoms with Gasteiger partial charge in [-0.15, -0.1) is 0 Å². The van der Waals surface area contributed by atoms with Crippen molar-refractivity contribution in [3.63, 3.8) is 0 Å². The minimum Gasteiger partial charge on any atom is -0.462 e. The van der Waals surface area contributed by atoms with Crippen LogP contribution in [0.25, 0.3) is 0 Å². The molecule has 31 heavy (non-hydrogen) atoms. The van der Waals surface area contributed by atoms with Crippen LogP contribution in [-0.4, -0.2) is 63.6 Å². The summed E-state index contributed by atoms with van der Waals surface area (Å²) >= 11 is 0. The first kappa shape index (κ1) is 23.1. The van der Waals surface area contributed by atoms with Gasteiger partial charge in [0.2, 0.25) is 6.29 Å². The van der Waals surface area contributed by atoms with Crippen molar-refractivity contribution in [1.29, 1.82) is 0 Å². The number of nitro groups is 1. The molecule has 0 bridgehead atoms. The van der Waals surface area contributed by atoms with Crippen LogP contribution in [0.4, 0.5) is 5.69 Å². The van der Waals surface area contributed by atoms with Crippen LogP contribution in [0.15, 0.2) is 54.6 Å². The number of nitrogens with zero attached hydrogens (tertiary/aromatic N) is 1. The Labute approximate surface area is 180 Å². The van der Waals surface area contributed by atoms with Gasteiger partial charge in [-0.2, -0.15) is 0 Å². The Morgan fingerprint density at radius 1 is 0.935 bits per heavy atom. The Kier molecular flexibility index (Phi) is 8.33. The molecule has 0 unspecified atom stereocenters. The minimum absolute atomic E-state index is 0.0269. The lowest BCUT2D eigenvalue weighted by Gasteiger charge is -2.44. The average Bonchev–Trinajstić information content (AvgIpc) is 2.79. The SMILES string of the molecule is COC[C@H]1O[C@@H](Oc2ccc([N+](=O)[O-])cc2)[C@H](OC)[C@@H](OCc2ccccc2)[C@H]1OC. The van der Waals surface area contributed by atoms with E-state index < -0.39 is 35.6 Å². The van der Waals surface area contributed by atoms with E-state index in [1.54, 1.807) is 21.3 Å². The summed E-state index contributed by atoms with van der Waals surface area (Å²) in [5.74, 6) is 0.409. The highest BCUT2D eigenvalue weighted by molar-refractivity contribution is 5.36. The lowest BCUT2D eigenvalue weighted by molar-refractivity contribution is -0.384. The second kappa shape index (κ2) is 11.2. The molecule has 0 aromatic heterocycles. The van der Waals surface area contributed by atoms with Gasteiger partial charge >= 0.3 is 0 Å². The fraction of sp³-hybridized carbons (Fsp3) is 0.455. The van der Waals surface area contributed by atoms with Gasteiger partial charge in [-0.05, 0) is 17.7 Å². The normalized spacial score (nSPS) is 25.8. The van der Waals surface area contributed by atoms with E-state index in [0.29, 0.717) is 12.4 Å². The number of hydrogen-bond donors (Lipinski definition) is 0. The Bertz CT molecular complexity index is 816. The summed E-state index contributed by atoms with van der Waals surface area (Å²) in [6, 6.07) is 15.5.